The Hall–Kier alpha value is -1.84. The zero-order valence-electron chi connectivity index (χ0n) is 14.0. The van der Waals surface area contributed by atoms with Crippen molar-refractivity contribution in [3.05, 3.63) is 35.4 Å². The van der Waals surface area contributed by atoms with Crippen molar-refractivity contribution in [2.24, 2.45) is 11.8 Å². The Morgan fingerprint density at radius 3 is 2.64 bits per heavy atom. The zero-order chi connectivity index (χ0) is 17.4. The molecule has 25 heavy (non-hydrogen) atoms. The highest BCUT2D eigenvalue weighted by atomic mass is 32.2. The third kappa shape index (κ3) is 2.96. The lowest BCUT2D eigenvalue weighted by molar-refractivity contribution is -0.138. The number of fused-ring (bicyclic) bond motifs is 1. The fourth-order valence-electron chi connectivity index (χ4n) is 4.28. The van der Waals surface area contributed by atoms with Gasteiger partial charge in [-0.3, -0.25) is 9.59 Å². The van der Waals surface area contributed by atoms with Crippen molar-refractivity contribution in [3.8, 4) is 6.07 Å². The van der Waals surface area contributed by atoms with E-state index in [0.717, 1.165) is 12.8 Å². The molecule has 0 saturated carbocycles. The smallest absolute Gasteiger partial charge is 0.242 e. The van der Waals surface area contributed by atoms with E-state index in [2.05, 4.69) is 23.5 Å². The first-order valence-corrected chi connectivity index (χ1v) is 9.96. The lowest BCUT2D eigenvalue weighted by Gasteiger charge is -2.26. The van der Waals surface area contributed by atoms with E-state index in [1.807, 2.05) is 12.1 Å². The summed E-state index contributed by atoms with van der Waals surface area (Å²) < 4.78 is 0. The SMILES string of the molecule is N#C[C@@H]1CSCN1C(=O)[C@@H]1NCCC1C(=O)C1Cc2ccccc2C1. The van der Waals surface area contributed by atoms with Gasteiger partial charge in [-0.15, -0.1) is 11.8 Å². The molecule has 4 rings (SSSR count). The molecule has 6 heteroatoms. The first kappa shape index (κ1) is 16.6. The third-order valence-electron chi connectivity index (χ3n) is 5.62. The number of ketones is 1. The van der Waals surface area contributed by atoms with E-state index in [4.69, 9.17) is 0 Å². The van der Waals surface area contributed by atoms with Crippen molar-refractivity contribution in [1.29, 1.82) is 5.26 Å². The summed E-state index contributed by atoms with van der Waals surface area (Å²) in [4.78, 5) is 27.7. The normalized spacial score (nSPS) is 28.8. The molecule has 2 saturated heterocycles. The van der Waals surface area contributed by atoms with E-state index >= 15 is 0 Å². The molecule has 0 bridgehead atoms. The number of Topliss-reactive ketones (excluding diaryl/α,β-unsaturated/α-hetero) is 1. The minimum Gasteiger partial charge on any atom is -0.315 e. The second-order valence-corrected chi connectivity index (χ2v) is 8.06. The molecule has 0 aromatic heterocycles. The number of thioether (sulfide) groups is 1. The molecule has 5 nitrogen and oxygen atoms in total. The highest BCUT2D eigenvalue weighted by Crippen LogP contribution is 2.33. The zero-order valence-corrected chi connectivity index (χ0v) is 14.8. The Balaban J connectivity index is 1.48. The number of benzene rings is 1. The lowest BCUT2D eigenvalue weighted by Crippen LogP contribution is -2.50. The van der Waals surface area contributed by atoms with E-state index in [1.165, 1.54) is 11.1 Å². The first-order chi connectivity index (χ1) is 12.2. The van der Waals surface area contributed by atoms with Gasteiger partial charge in [0.2, 0.25) is 5.91 Å². The van der Waals surface area contributed by atoms with Gasteiger partial charge in [-0.1, -0.05) is 24.3 Å². The molecule has 3 atom stereocenters. The summed E-state index contributed by atoms with van der Waals surface area (Å²) in [6, 6.07) is 9.59. The molecule has 1 amide bonds. The summed E-state index contributed by atoms with van der Waals surface area (Å²) in [5.74, 6) is 1.05. The second kappa shape index (κ2) is 6.81. The van der Waals surface area contributed by atoms with Crippen LogP contribution in [0.5, 0.6) is 0 Å². The first-order valence-electron chi connectivity index (χ1n) is 8.80. The van der Waals surface area contributed by atoms with Crippen molar-refractivity contribution < 1.29 is 9.59 Å². The van der Waals surface area contributed by atoms with Crippen LogP contribution in [0.3, 0.4) is 0 Å². The molecule has 2 heterocycles. The van der Waals surface area contributed by atoms with Crippen LogP contribution in [0.4, 0.5) is 0 Å². The standard InChI is InChI=1S/C19H21N3O2S/c20-9-15-10-25-11-22(15)19(24)17-16(5-6-21-17)18(23)14-7-12-3-1-2-4-13(12)8-14/h1-4,14-17,21H,5-8,10-11H2/t15-,16?,17-/m1/s1. The molecule has 2 fully saturated rings. The fourth-order valence-corrected chi connectivity index (χ4v) is 5.36. The van der Waals surface area contributed by atoms with Gasteiger partial charge in [-0.05, 0) is 36.9 Å². The number of amides is 1. The Bertz CT molecular complexity index is 719. The van der Waals surface area contributed by atoms with E-state index < -0.39 is 6.04 Å². The van der Waals surface area contributed by atoms with Gasteiger partial charge in [0.05, 0.1) is 18.0 Å². The Kier molecular flexibility index (Phi) is 4.53. The maximum Gasteiger partial charge on any atom is 0.242 e. The van der Waals surface area contributed by atoms with E-state index in [0.29, 0.717) is 24.6 Å². The predicted octanol–water partition coefficient (Wildman–Crippen LogP) is 1.37. The van der Waals surface area contributed by atoms with Crippen molar-refractivity contribution in [1.82, 2.24) is 10.2 Å². The van der Waals surface area contributed by atoms with Gasteiger partial charge >= 0.3 is 0 Å². The summed E-state index contributed by atoms with van der Waals surface area (Å²) in [6.07, 6.45) is 2.28. The number of carbonyl (C=O) groups is 2. The van der Waals surface area contributed by atoms with E-state index in [9.17, 15) is 14.9 Å². The van der Waals surface area contributed by atoms with E-state index in [-0.39, 0.29) is 29.6 Å². The molecule has 0 spiro atoms. The number of nitriles is 1. The maximum absolute atomic E-state index is 13.1. The monoisotopic (exact) mass is 355 g/mol. The van der Waals surface area contributed by atoms with Crippen LogP contribution in [-0.2, 0) is 22.4 Å². The molecule has 2 aliphatic heterocycles. The summed E-state index contributed by atoms with van der Waals surface area (Å²) in [5, 5.41) is 12.5. The number of nitrogens with zero attached hydrogens (tertiary/aromatic N) is 2. The molecule has 3 aliphatic rings. The Labute approximate surface area is 151 Å². The van der Waals surface area contributed by atoms with Crippen LogP contribution in [0.25, 0.3) is 0 Å². The molecular weight excluding hydrogens is 334 g/mol. The minimum absolute atomic E-state index is 0.0164. The summed E-state index contributed by atoms with van der Waals surface area (Å²) in [5.41, 5.74) is 2.52. The van der Waals surface area contributed by atoms with Crippen LogP contribution in [0, 0.1) is 23.2 Å². The van der Waals surface area contributed by atoms with Gasteiger partial charge in [-0.2, -0.15) is 5.26 Å². The largest absolute Gasteiger partial charge is 0.315 e. The molecular formula is C19H21N3O2S. The van der Waals surface area contributed by atoms with Gasteiger partial charge in [0.1, 0.15) is 11.8 Å². The van der Waals surface area contributed by atoms with Crippen LogP contribution >= 0.6 is 11.8 Å². The van der Waals surface area contributed by atoms with Gasteiger partial charge in [-0.25, -0.2) is 0 Å². The average Bonchev–Trinajstić information content (AvgIpc) is 3.38. The molecule has 1 aromatic rings. The summed E-state index contributed by atoms with van der Waals surface area (Å²) in [6.45, 7) is 0.685. The van der Waals surface area contributed by atoms with Crippen LogP contribution in [0.2, 0.25) is 0 Å². The van der Waals surface area contributed by atoms with Gasteiger partial charge in [0.25, 0.3) is 0 Å². The molecule has 1 unspecified atom stereocenters. The third-order valence-corrected chi connectivity index (χ3v) is 6.63. The molecule has 1 aromatic carbocycles. The highest BCUT2D eigenvalue weighted by molar-refractivity contribution is 7.99. The number of nitrogens with one attached hydrogen (secondary N) is 1. The number of rotatable bonds is 3. The van der Waals surface area contributed by atoms with Crippen molar-refractivity contribution in [3.63, 3.8) is 0 Å². The van der Waals surface area contributed by atoms with Crippen molar-refractivity contribution >= 4 is 23.5 Å². The summed E-state index contributed by atoms with van der Waals surface area (Å²) in [7, 11) is 0. The minimum atomic E-state index is -0.467. The van der Waals surface area contributed by atoms with Gasteiger partial charge in [0.15, 0.2) is 0 Å². The molecule has 1 aliphatic carbocycles. The summed E-state index contributed by atoms with van der Waals surface area (Å²) >= 11 is 1.60. The van der Waals surface area contributed by atoms with Crippen molar-refractivity contribution in [2.45, 2.75) is 31.3 Å². The predicted molar refractivity (Wildman–Crippen MR) is 95.8 cm³/mol. The van der Waals surface area contributed by atoms with Gasteiger partial charge in [0, 0.05) is 17.6 Å². The molecule has 130 valence electrons. The lowest BCUT2D eigenvalue weighted by atomic mass is 9.85. The molecule has 1 N–H and O–H groups in total. The van der Waals surface area contributed by atoms with Crippen LogP contribution in [-0.4, -0.2) is 46.8 Å². The maximum atomic E-state index is 13.1. The van der Waals surface area contributed by atoms with E-state index in [1.54, 1.807) is 16.7 Å². The highest BCUT2D eigenvalue weighted by Gasteiger charge is 2.44. The molecule has 0 radical (unpaired) electrons. The van der Waals surface area contributed by atoms with Crippen LogP contribution < -0.4 is 5.32 Å². The Morgan fingerprint density at radius 1 is 1.24 bits per heavy atom. The number of hydrogen-bond donors (Lipinski definition) is 1. The van der Waals surface area contributed by atoms with Crippen molar-refractivity contribution in [2.75, 3.05) is 18.2 Å². The second-order valence-electron chi connectivity index (χ2n) is 7.06. The van der Waals surface area contributed by atoms with Crippen LogP contribution in [0.15, 0.2) is 24.3 Å². The topological polar surface area (TPSA) is 73.2 Å². The quantitative estimate of drug-likeness (QED) is 0.887. The average molecular weight is 355 g/mol. The van der Waals surface area contributed by atoms with Crippen LogP contribution in [0.1, 0.15) is 17.5 Å². The number of carbonyl (C=O) groups excluding carboxylic acids is 2. The fraction of sp³-hybridized carbons (Fsp3) is 0.526. The van der Waals surface area contributed by atoms with Gasteiger partial charge < -0.3 is 10.2 Å². The Morgan fingerprint density at radius 2 is 1.96 bits per heavy atom. The number of hydrogen-bond acceptors (Lipinski definition) is 5.